The lowest BCUT2D eigenvalue weighted by Crippen LogP contribution is -2.53. The number of rotatable bonds is 0. The summed E-state index contributed by atoms with van der Waals surface area (Å²) in [5.74, 6) is 3.76. The Morgan fingerprint density at radius 1 is 0.750 bits per heavy atom. The van der Waals surface area contributed by atoms with Crippen molar-refractivity contribution in [1.29, 1.82) is 0 Å². The van der Waals surface area contributed by atoms with E-state index >= 15 is 0 Å². The first kappa shape index (κ1) is 13.6. The van der Waals surface area contributed by atoms with Gasteiger partial charge in [0.2, 0.25) is 0 Å². The fourth-order valence-corrected chi connectivity index (χ4v) is 7.27. The second kappa shape index (κ2) is 4.48. The largest absolute Gasteiger partial charge is 0.393 e. The van der Waals surface area contributed by atoms with Crippen LogP contribution in [0.5, 0.6) is 0 Å². The predicted molar refractivity (Wildman–Crippen MR) is 82.4 cm³/mol. The Morgan fingerprint density at radius 3 is 2.40 bits per heavy atom. The number of aliphatic hydroxyl groups is 1. The van der Waals surface area contributed by atoms with Crippen molar-refractivity contribution in [2.45, 2.75) is 84.2 Å². The van der Waals surface area contributed by atoms with E-state index in [1.807, 2.05) is 0 Å². The summed E-state index contributed by atoms with van der Waals surface area (Å²) in [6.45, 7) is 5.04. The molecule has 4 aliphatic carbocycles. The molecule has 0 aromatic rings. The van der Waals surface area contributed by atoms with Gasteiger partial charge in [-0.1, -0.05) is 26.7 Å². The molecule has 0 saturated heterocycles. The van der Waals surface area contributed by atoms with Crippen molar-refractivity contribution >= 4 is 0 Å². The van der Waals surface area contributed by atoms with E-state index in [4.69, 9.17) is 0 Å². The molecule has 0 aromatic heterocycles. The van der Waals surface area contributed by atoms with Crippen LogP contribution in [-0.4, -0.2) is 11.2 Å². The van der Waals surface area contributed by atoms with Gasteiger partial charge in [0, 0.05) is 0 Å². The van der Waals surface area contributed by atoms with E-state index in [2.05, 4.69) is 13.8 Å². The summed E-state index contributed by atoms with van der Waals surface area (Å²) < 4.78 is 0. The molecule has 1 heteroatoms. The zero-order valence-corrected chi connectivity index (χ0v) is 13.4. The van der Waals surface area contributed by atoms with E-state index in [1.165, 1.54) is 57.8 Å². The lowest BCUT2D eigenvalue weighted by molar-refractivity contribution is -0.120. The molecule has 0 aliphatic heterocycles. The third-order valence-electron chi connectivity index (χ3n) is 8.53. The maximum absolute atomic E-state index is 10.5. The van der Waals surface area contributed by atoms with Crippen LogP contribution in [0.1, 0.15) is 78.1 Å². The molecule has 4 rings (SSSR count). The molecule has 1 N–H and O–H groups in total. The highest BCUT2D eigenvalue weighted by atomic mass is 16.3. The lowest BCUT2D eigenvalue weighted by Gasteiger charge is -2.60. The maximum atomic E-state index is 10.5. The molecule has 4 saturated carbocycles. The van der Waals surface area contributed by atoms with Crippen molar-refractivity contribution in [2.24, 2.45) is 34.5 Å². The van der Waals surface area contributed by atoms with Crippen LogP contribution < -0.4 is 0 Å². The number of aliphatic hydroxyl groups excluding tert-OH is 1. The van der Waals surface area contributed by atoms with Crippen LogP contribution in [0.25, 0.3) is 0 Å². The number of hydrogen-bond acceptors (Lipinski definition) is 1. The Bertz CT molecular complexity index is 391. The molecule has 0 heterocycles. The Balaban J connectivity index is 1.64. The molecule has 4 aliphatic rings. The van der Waals surface area contributed by atoms with Crippen molar-refractivity contribution in [3.05, 3.63) is 0 Å². The predicted octanol–water partition coefficient (Wildman–Crippen LogP) is 4.78. The summed E-state index contributed by atoms with van der Waals surface area (Å²) >= 11 is 0. The van der Waals surface area contributed by atoms with Crippen LogP contribution in [0.15, 0.2) is 0 Å². The normalized spacial score (nSPS) is 58.6. The molecule has 0 spiro atoms. The van der Waals surface area contributed by atoms with Gasteiger partial charge >= 0.3 is 0 Å². The minimum Gasteiger partial charge on any atom is -0.393 e. The molecule has 114 valence electrons. The van der Waals surface area contributed by atoms with Gasteiger partial charge in [0.1, 0.15) is 0 Å². The standard InChI is InChI=1S/C19H32O/c1-18-11-4-3-5-13(18)6-7-14-15-8-9-17(20)19(15,2)12-10-16(14)18/h13-17,20H,3-12H2,1-2H3/t13?,14-,15-,16-,17+,18-,19-/m0/s1. The van der Waals surface area contributed by atoms with E-state index in [-0.39, 0.29) is 11.5 Å². The van der Waals surface area contributed by atoms with Gasteiger partial charge in [0.25, 0.3) is 0 Å². The molecule has 0 aromatic carbocycles. The Hall–Kier alpha value is -0.0400. The molecule has 20 heavy (non-hydrogen) atoms. The van der Waals surface area contributed by atoms with Crippen molar-refractivity contribution < 1.29 is 5.11 Å². The van der Waals surface area contributed by atoms with Gasteiger partial charge in [-0.25, -0.2) is 0 Å². The SMILES string of the molecule is C[C@]12CC[C@H]3[C@@H](CCC4CCCC[C@@]43C)[C@@H]1CC[C@H]2O. The first-order valence-electron chi connectivity index (χ1n) is 9.24. The van der Waals surface area contributed by atoms with Gasteiger partial charge < -0.3 is 5.11 Å². The minimum atomic E-state index is -0.00895. The summed E-state index contributed by atoms with van der Waals surface area (Å²) in [6, 6.07) is 0. The number of hydrogen-bond donors (Lipinski definition) is 1. The minimum absolute atomic E-state index is 0.00895. The summed E-state index contributed by atoms with van der Waals surface area (Å²) in [5, 5.41) is 10.5. The summed E-state index contributed by atoms with van der Waals surface area (Å²) in [4.78, 5) is 0. The average Bonchev–Trinajstić information content (AvgIpc) is 2.74. The van der Waals surface area contributed by atoms with Gasteiger partial charge in [-0.2, -0.15) is 0 Å². The maximum Gasteiger partial charge on any atom is 0.0596 e. The quantitative estimate of drug-likeness (QED) is 0.675. The van der Waals surface area contributed by atoms with E-state index in [1.54, 1.807) is 0 Å². The van der Waals surface area contributed by atoms with Crippen LogP contribution in [0.3, 0.4) is 0 Å². The molecule has 1 nitrogen and oxygen atoms in total. The second-order valence-electron chi connectivity index (χ2n) is 9.04. The summed E-state index contributed by atoms with van der Waals surface area (Å²) in [5.41, 5.74) is 0.912. The monoisotopic (exact) mass is 276 g/mol. The highest BCUT2D eigenvalue weighted by molar-refractivity contribution is 5.08. The van der Waals surface area contributed by atoms with Crippen LogP contribution >= 0.6 is 0 Å². The van der Waals surface area contributed by atoms with E-state index < -0.39 is 0 Å². The molecule has 1 unspecified atom stereocenters. The zero-order chi connectivity index (χ0) is 14.0. The highest BCUT2D eigenvalue weighted by Gasteiger charge is 2.59. The second-order valence-corrected chi connectivity index (χ2v) is 9.04. The number of fused-ring (bicyclic) bond motifs is 5. The fourth-order valence-electron chi connectivity index (χ4n) is 7.27. The van der Waals surface area contributed by atoms with Crippen molar-refractivity contribution in [2.75, 3.05) is 0 Å². The van der Waals surface area contributed by atoms with Crippen LogP contribution in [0.4, 0.5) is 0 Å². The molecule has 0 amide bonds. The smallest absolute Gasteiger partial charge is 0.0596 e. The first-order valence-corrected chi connectivity index (χ1v) is 9.24. The van der Waals surface area contributed by atoms with Crippen molar-refractivity contribution in [1.82, 2.24) is 0 Å². The van der Waals surface area contributed by atoms with Crippen molar-refractivity contribution in [3.63, 3.8) is 0 Å². The lowest BCUT2D eigenvalue weighted by atomic mass is 9.45. The first-order chi connectivity index (χ1) is 9.56. The molecule has 0 radical (unpaired) electrons. The van der Waals surface area contributed by atoms with Gasteiger partial charge in [-0.3, -0.25) is 0 Å². The Morgan fingerprint density at radius 2 is 1.55 bits per heavy atom. The van der Waals surface area contributed by atoms with E-state index in [9.17, 15) is 5.11 Å². The molecule has 0 bridgehead atoms. The van der Waals surface area contributed by atoms with Gasteiger partial charge in [0.05, 0.1) is 6.10 Å². The molecular weight excluding hydrogens is 244 g/mol. The fraction of sp³-hybridized carbons (Fsp3) is 1.00. The summed E-state index contributed by atoms with van der Waals surface area (Å²) in [6.07, 6.45) is 14.0. The Labute approximate surface area is 124 Å². The third-order valence-corrected chi connectivity index (χ3v) is 8.53. The van der Waals surface area contributed by atoms with E-state index in [0.29, 0.717) is 5.41 Å². The molecular formula is C19H32O. The van der Waals surface area contributed by atoms with Crippen LogP contribution in [-0.2, 0) is 0 Å². The van der Waals surface area contributed by atoms with Gasteiger partial charge in [-0.05, 0) is 85.9 Å². The van der Waals surface area contributed by atoms with Crippen LogP contribution in [0.2, 0.25) is 0 Å². The average molecular weight is 276 g/mol. The molecule has 7 atom stereocenters. The zero-order valence-electron chi connectivity index (χ0n) is 13.4. The summed E-state index contributed by atoms with van der Waals surface area (Å²) in [7, 11) is 0. The third kappa shape index (κ3) is 1.65. The van der Waals surface area contributed by atoms with Gasteiger partial charge in [-0.15, -0.1) is 0 Å². The van der Waals surface area contributed by atoms with Crippen molar-refractivity contribution in [3.8, 4) is 0 Å². The molecule has 4 fully saturated rings. The Kier molecular flexibility index (Phi) is 3.05. The highest BCUT2D eigenvalue weighted by Crippen LogP contribution is 2.66. The van der Waals surface area contributed by atoms with E-state index in [0.717, 1.165) is 30.1 Å². The van der Waals surface area contributed by atoms with Gasteiger partial charge in [0.15, 0.2) is 0 Å². The van der Waals surface area contributed by atoms with Crippen LogP contribution in [0, 0.1) is 34.5 Å². The topological polar surface area (TPSA) is 20.2 Å².